The van der Waals surface area contributed by atoms with Crippen LogP contribution in [0.2, 0.25) is 0 Å². The van der Waals surface area contributed by atoms with Crippen molar-refractivity contribution in [2.75, 3.05) is 0 Å². The van der Waals surface area contributed by atoms with E-state index < -0.39 is 6.17 Å². The molecule has 122 valence electrons. The van der Waals surface area contributed by atoms with Gasteiger partial charge in [0.25, 0.3) is 0 Å². The lowest BCUT2D eigenvalue weighted by molar-refractivity contribution is 0.0366. The molecule has 0 radical (unpaired) electrons. The highest BCUT2D eigenvalue weighted by atomic mass is 19.1. The van der Waals surface area contributed by atoms with E-state index in [0.717, 1.165) is 24.7 Å². The Bertz CT molecular complexity index is 316. The number of rotatable bonds is 2. The van der Waals surface area contributed by atoms with Gasteiger partial charge in [0.15, 0.2) is 0 Å². The summed E-state index contributed by atoms with van der Waals surface area (Å²) in [6.07, 6.45) is 12.9. The van der Waals surface area contributed by atoms with E-state index in [9.17, 15) is 4.39 Å². The zero-order valence-corrected chi connectivity index (χ0v) is 13.8. The minimum atomic E-state index is -0.516. The molecule has 0 bridgehead atoms. The van der Waals surface area contributed by atoms with Crippen LogP contribution in [0.4, 0.5) is 4.39 Å². The van der Waals surface area contributed by atoms with E-state index in [1.807, 2.05) is 0 Å². The van der Waals surface area contributed by atoms with Crippen molar-refractivity contribution in [2.24, 2.45) is 35.3 Å². The summed E-state index contributed by atoms with van der Waals surface area (Å²) in [5, 5.41) is 0. The second-order valence-electron chi connectivity index (χ2n) is 8.45. The van der Waals surface area contributed by atoms with Crippen molar-refractivity contribution in [2.45, 2.75) is 89.8 Å². The maximum atomic E-state index is 14.8. The molecule has 3 aliphatic rings. The summed E-state index contributed by atoms with van der Waals surface area (Å²) in [5.74, 6) is 3.39. The third kappa shape index (κ3) is 3.81. The van der Waals surface area contributed by atoms with Crippen LogP contribution in [0.1, 0.15) is 77.6 Å². The number of hydrogen-bond acceptors (Lipinski definition) is 1. The van der Waals surface area contributed by atoms with Gasteiger partial charge in [0.05, 0.1) is 0 Å². The van der Waals surface area contributed by atoms with Crippen molar-refractivity contribution in [3.8, 4) is 0 Å². The Hall–Kier alpha value is -0.110. The van der Waals surface area contributed by atoms with Gasteiger partial charge in [-0.3, -0.25) is 0 Å². The van der Waals surface area contributed by atoms with Gasteiger partial charge in [-0.15, -0.1) is 0 Å². The molecule has 0 aromatic carbocycles. The maximum Gasteiger partial charge on any atom is 0.103 e. The Balaban J connectivity index is 1.50. The van der Waals surface area contributed by atoms with Crippen molar-refractivity contribution in [1.29, 1.82) is 0 Å². The second-order valence-corrected chi connectivity index (χ2v) is 8.45. The minimum absolute atomic E-state index is 0.389. The summed E-state index contributed by atoms with van der Waals surface area (Å²) in [4.78, 5) is 0. The molecular weight excluding hydrogens is 261 g/mol. The van der Waals surface area contributed by atoms with E-state index >= 15 is 0 Å². The van der Waals surface area contributed by atoms with Crippen LogP contribution in [-0.2, 0) is 0 Å². The van der Waals surface area contributed by atoms with Gasteiger partial charge in [0.2, 0.25) is 0 Å². The highest BCUT2D eigenvalue weighted by Gasteiger charge is 2.39. The smallest absolute Gasteiger partial charge is 0.103 e. The molecule has 2 N–H and O–H groups in total. The molecule has 0 aromatic heterocycles. The highest BCUT2D eigenvalue weighted by Crippen LogP contribution is 2.46. The Labute approximate surface area is 130 Å². The van der Waals surface area contributed by atoms with Gasteiger partial charge in [-0.25, -0.2) is 4.39 Å². The molecule has 3 aliphatic carbocycles. The highest BCUT2D eigenvalue weighted by molar-refractivity contribution is 4.90. The topological polar surface area (TPSA) is 26.0 Å². The normalized spacial score (nSPS) is 49.0. The summed E-state index contributed by atoms with van der Waals surface area (Å²) in [6, 6.07) is 0.419. The van der Waals surface area contributed by atoms with Crippen LogP contribution in [0.3, 0.4) is 0 Å². The first kappa shape index (κ1) is 15.8. The second kappa shape index (κ2) is 6.98. The molecule has 3 rings (SSSR count). The van der Waals surface area contributed by atoms with Crippen LogP contribution in [-0.4, -0.2) is 12.2 Å². The molecule has 2 heteroatoms. The molecule has 0 heterocycles. The lowest BCUT2D eigenvalue weighted by Crippen LogP contribution is -2.37. The number of halogens is 1. The summed E-state index contributed by atoms with van der Waals surface area (Å²) in [5.41, 5.74) is 6.01. The van der Waals surface area contributed by atoms with Gasteiger partial charge in [0.1, 0.15) is 6.17 Å². The van der Waals surface area contributed by atoms with E-state index in [1.54, 1.807) is 0 Å². The predicted octanol–water partition coefficient (Wildman–Crippen LogP) is 5.08. The van der Waals surface area contributed by atoms with Crippen molar-refractivity contribution in [3.63, 3.8) is 0 Å². The van der Waals surface area contributed by atoms with Gasteiger partial charge < -0.3 is 5.73 Å². The third-order valence-corrected chi connectivity index (χ3v) is 7.01. The quantitative estimate of drug-likeness (QED) is 0.755. The summed E-state index contributed by atoms with van der Waals surface area (Å²) >= 11 is 0. The molecule has 1 nitrogen and oxygen atoms in total. The lowest BCUT2D eigenvalue weighted by Gasteiger charge is -2.42. The molecule has 0 aromatic rings. The van der Waals surface area contributed by atoms with Crippen LogP contribution in [0.5, 0.6) is 0 Å². The van der Waals surface area contributed by atoms with Crippen LogP contribution in [0.15, 0.2) is 0 Å². The van der Waals surface area contributed by atoms with Crippen molar-refractivity contribution >= 4 is 0 Å². The van der Waals surface area contributed by atoms with Crippen molar-refractivity contribution < 1.29 is 4.39 Å². The minimum Gasteiger partial charge on any atom is -0.328 e. The molecule has 3 saturated carbocycles. The lowest BCUT2D eigenvalue weighted by atomic mass is 9.65. The van der Waals surface area contributed by atoms with Gasteiger partial charge in [0, 0.05) is 6.04 Å². The fourth-order valence-corrected chi connectivity index (χ4v) is 5.46. The van der Waals surface area contributed by atoms with E-state index in [0.29, 0.717) is 23.8 Å². The zero-order valence-electron chi connectivity index (χ0n) is 13.8. The van der Waals surface area contributed by atoms with Gasteiger partial charge >= 0.3 is 0 Å². The molecule has 3 unspecified atom stereocenters. The number of hydrogen-bond donors (Lipinski definition) is 1. The Morgan fingerprint density at radius 3 is 1.90 bits per heavy atom. The van der Waals surface area contributed by atoms with Crippen LogP contribution in [0.25, 0.3) is 0 Å². The summed E-state index contributed by atoms with van der Waals surface area (Å²) < 4.78 is 14.8. The Kier molecular flexibility index (Phi) is 5.24. The van der Waals surface area contributed by atoms with Gasteiger partial charge in [-0.2, -0.15) is 0 Å². The first-order valence-corrected chi connectivity index (χ1v) is 9.53. The van der Waals surface area contributed by atoms with Crippen LogP contribution >= 0.6 is 0 Å². The number of alkyl halides is 1. The Morgan fingerprint density at radius 2 is 1.29 bits per heavy atom. The molecular formula is C19H34FN. The fourth-order valence-electron chi connectivity index (χ4n) is 5.46. The third-order valence-electron chi connectivity index (χ3n) is 7.01. The van der Waals surface area contributed by atoms with E-state index in [2.05, 4.69) is 6.92 Å². The van der Waals surface area contributed by atoms with Crippen molar-refractivity contribution in [1.82, 2.24) is 0 Å². The fraction of sp³-hybridized carbons (Fsp3) is 1.00. The molecule has 0 saturated heterocycles. The molecule has 3 fully saturated rings. The zero-order chi connectivity index (χ0) is 14.8. The average Bonchev–Trinajstić information content (AvgIpc) is 2.49. The molecule has 21 heavy (non-hydrogen) atoms. The molecule has 3 atom stereocenters. The van der Waals surface area contributed by atoms with Crippen molar-refractivity contribution in [3.05, 3.63) is 0 Å². The number of nitrogens with two attached hydrogens (primary N) is 1. The summed E-state index contributed by atoms with van der Waals surface area (Å²) in [7, 11) is 0. The average molecular weight is 295 g/mol. The van der Waals surface area contributed by atoms with Gasteiger partial charge in [-0.1, -0.05) is 19.8 Å². The van der Waals surface area contributed by atoms with Gasteiger partial charge in [-0.05, 0) is 87.4 Å². The molecule has 0 aliphatic heterocycles. The van der Waals surface area contributed by atoms with E-state index in [1.165, 1.54) is 57.8 Å². The first-order valence-electron chi connectivity index (χ1n) is 9.53. The summed E-state index contributed by atoms with van der Waals surface area (Å²) in [6.45, 7) is 2.35. The monoisotopic (exact) mass is 295 g/mol. The van der Waals surface area contributed by atoms with Crippen LogP contribution in [0, 0.1) is 29.6 Å². The van der Waals surface area contributed by atoms with E-state index in [4.69, 9.17) is 5.73 Å². The SMILES string of the molecule is CC1CCC(C2CCC(C3CCC(N)CC3)CC2F)CC1. The van der Waals surface area contributed by atoms with Crippen LogP contribution < -0.4 is 5.73 Å². The standard InChI is InChI=1S/C19H34FN/c1-13-2-4-15(5-3-13)18-11-8-16(12-19(18)20)14-6-9-17(21)10-7-14/h13-19H,2-12,21H2,1H3. The maximum absolute atomic E-state index is 14.8. The van der Waals surface area contributed by atoms with E-state index in [-0.39, 0.29) is 0 Å². The Morgan fingerprint density at radius 1 is 0.714 bits per heavy atom. The first-order chi connectivity index (χ1) is 10.1. The molecule has 0 amide bonds. The molecule has 0 spiro atoms. The largest absolute Gasteiger partial charge is 0.328 e. The predicted molar refractivity (Wildman–Crippen MR) is 86.8 cm³/mol.